The molecule has 2 aromatic carbocycles. The Morgan fingerprint density at radius 3 is 2.39 bits per heavy atom. The number of aryl methyl sites for hydroxylation is 1. The molecule has 0 saturated carbocycles. The van der Waals surface area contributed by atoms with Crippen molar-refractivity contribution in [2.75, 3.05) is 44.7 Å². The van der Waals surface area contributed by atoms with Crippen LogP contribution in [-0.2, 0) is 0 Å². The standard InChI is InChI=1S/C20H25FIN3O3/c1-14-12-16(22)3-5-18(14)24-19-4-2-15(21)13-17(19)20(28)23-6-7-25(8-10-26)9-11-27/h2-5,12-13,24,26-27H,6-11H2,1H3,(H,23,28). The van der Waals surface area contributed by atoms with Gasteiger partial charge in [0.05, 0.1) is 24.5 Å². The second kappa shape index (κ2) is 11.3. The summed E-state index contributed by atoms with van der Waals surface area (Å²) in [7, 11) is 0. The van der Waals surface area contributed by atoms with Gasteiger partial charge >= 0.3 is 0 Å². The molecule has 0 aliphatic carbocycles. The van der Waals surface area contributed by atoms with Crippen molar-refractivity contribution in [3.8, 4) is 0 Å². The van der Waals surface area contributed by atoms with Gasteiger partial charge in [-0.15, -0.1) is 0 Å². The summed E-state index contributed by atoms with van der Waals surface area (Å²) in [5.41, 5.74) is 2.60. The molecule has 2 rings (SSSR count). The molecule has 0 spiro atoms. The van der Waals surface area contributed by atoms with Crippen LogP contribution >= 0.6 is 22.6 Å². The number of aliphatic hydroxyl groups excluding tert-OH is 2. The van der Waals surface area contributed by atoms with Crippen LogP contribution in [-0.4, -0.2) is 60.4 Å². The Morgan fingerprint density at radius 2 is 1.75 bits per heavy atom. The lowest BCUT2D eigenvalue weighted by atomic mass is 10.1. The van der Waals surface area contributed by atoms with Crippen LogP contribution in [0.2, 0.25) is 0 Å². The highest BCUT2D eigenvalue weighted by molar-refractivity contribution is 14.1. The Balaban J connectivity index is 2.09. The number of carbonyl (C=O) groups excluding carboxylic acids is 1. The average molecular weight is 501 g/mol. The van der Waals surface area contributed by atoms with Gasteiger partial charge in [0.1, 0.15) is 5.82 Å². The minimum absolute atomic E-state index is 0.0265. The van der Waals surface area contributed by atoms with Crippen molar-refractivity contribution in [3.05, 3.63) is 56.9 Å². The molecule has 0 saturated heterocycles. The second-order valence-corrected chi connectivity index (χ2v) is 7.56. The number of carbonyl (C=O) groups is 1. The van der Waals surface area contributed by atoms with Crippen molar-refractivity contribution in [1.29, 1.82) is 0 Å². The average Bonchev–Trinajstić information content (AvgIpc) is 2.65. The topological polar surface area (TPSA) is 84.8 Å². The van der Waals surface area contributed by atoms with Gasteiger partial charge in [0.15, 0.2) is 0 Å². The number of hydrogen-bond acceptors (Lipinski definition) is 5. The van der Waals surface area contributed by atoms with Gasteiger partial charge in [-0.1, -0.05) is 0 Å². The minimum atomic E-state index is -0.489. The smallest absolute Gasteiger partial charge is 0.253 e. The maximum absolute atomic E-state index is 13.8. The number of rotatable bonds is 10. The largest absolute Gasteiger partial charge is 0.395 e. The van der Waals surface area contributed by atoms with E-state index in [9.17, 15) is 9.18 Å². The van der Waals surface area contributed by atoms with E-state index < -0.39 is 11.7 Å². The molecule has 0 aromatic heterocycles. The SMILES string of the molecule is Cc1cc(I)ccc1Nc1ccc(F)cc1C(=O)NCCN(CCO)CCO. The minimum Gasteiger partial charge on any atom is -0.395 e. The van der Waals surface area contributed by atoms with Crippen LogP contribution in [0.4, 0.5) is 15.8 Å². The van der Waals surface area contributed by atoms with E-state index in [1.807, 2.05) is 30.0 Å². The van der Waals surface area contributed by atoms with Crippen LogP contribution in [0.5, 0.6) is 0 Å². The first-order chi connectivity index (χ1) is 13.4. The Labute approximate surface area is 177 Å². The van der Waals surface area contributed by atoms with Gasteiger partial charge in [0, 0.05) is 35.4 Å². The highest BCUT2D eigenvalue weighted by Crippen LogP contribution is 2.25. The fourth-order valence-corrected chi connectivity index (χ4v) is 3.41. The zero-order valence-electron chi connectivity index (χ0n) is 15.7. The van der Waals surface area contributed by atoms with Gasteiger partial charge in [0.2, 0.25) is 0 Å². The molecule has 0 aliphatic heterocycles. The van der Waals surface area contributed by atoms with Crippen molar-refractivity contribution < 1.29 is 19.4 Å². The molecule has 6 nitrogen and oxygen atoms in total. The summed E-state index contributed by atoms with van der Waals surface area (Å²) >= 11 is 2.23. The summed E-state index contributed by atoms with van der Waals surface area (Å²) in [4.78, 5) is 14.4. The summed E-state index contributed by atoms with van der Waals surface area (Å²) in [6.07, 6.45) is 0. The Kier molecular flexibility index (Phi) is 9.10. The van der Waals surface area contributed by atoms with Gasteiger partial charge < -0.3 is 20.8 Å². The normalized spacial score (nSPS) is 10.9. The van der Waals surface area contributed by atoms with Crippen LogP contribution in [0.1, 0.15) is 15.9 Å². The molecule has 28 heavy (non-hydrogen) atoms. The molecule has 8 heteroatoms. The van der Waals surface area contributed by atoms with Gasteiger partial charge in [-0.3, -0.25) is 9.69 Å². The van der Waals surface area contributed by atoms with Crippen LogP contribution in [0, 0.1) is 16.3 Å². The lowest BCUT2D eigenvalue weighted by Gasteiger charge is -2.20. The lowest BCUT2D eigenvalue weighted by molar-refractivity contribution is 0.0944. The molecule has 0 fully saturated rings. The lowest BCUT2D eigenvalue weighted by Crippen LogP contribution is -2.38. The van der Waals surface area contributed by atoms with E-state index in [2.05, 4.69) is 33.2 Å². The molecular formula is C20H25FIN3O3. The van der Waals surface area contributed by atoms with Crippen LogP contribution in [0.15, 0.2) is 36.4 Å². The highest BCUT2D eigenvalue weighted by atomic mass is 127. The number of hydrogen-bond donors (Lipinski definition) is 4. The van der Waals surface area contributed by atoms with Gasteiger partial charge in [-0.05, 0) is 71.5 Å². The fraction of sp³-hybridized carbons (Fsp3) is 0.350. The van der Waals surface area contributed by atoms with E-state index in [0.717, 1.165) is 14.8 Å². The molecule has 0 aliphatic rings. The third kappa shape index (κ3) is 6.69. The number of halogens is 2. The first kappa shape index (κ1) is 22.5. The number of aliphatic hydroxyl groups is 2. The van der Waals surface area contributed by atoms with Crippen LogP contribution < -0.4 is 10.6 Å². The maximum Gasteiger partial charge on any atom is 0.253 e. The molecule has 0 radical (unpaired) electrons. The first-order valence-corrected chi connectivity index (χ1v) is 10.1. The quantitative estimate of drug-likeness (QED) is 0.376. The van der Waals surface area contributed by atoms with Crippen molar-refractivity contribution in [2.24, 2.45) is 0 Å². The van der Waals surface area contributed by atoms with Gasteiger partial charge in [-0.25, -0.2) is 4.39 Å². The summed E-state index contributed by atoms with van der Waals surface area (Å²) in [5.74, 6) is -0.879. The monoisotopic (exact) mass is 501 g/mol. The van der Waals surface area contributed by atoms with Crippen molar-refractivity contribution in [2.45, 2.75) is 6.92 Å². The number of nitrogens with one attached hydrogen (secondary N) is 2. The van der Waals surface area contributed by atoms with Gasteiger partial charge in [0.25, 0.3) is 5.91 Å². The van der Waals surface area contributed by atoms with E-state index >= 15 is 0 Å². The number of nitrogens with zero attached hydrogens (tertiary/aromatic N) is 1. The summed E-state index contributed by atoms with van der Waals surface area (Å²) in [6.45, 7) is 3.52. The molecule has 2 aromatic rings. The van der Waals surface area contributed by atoms with Crippen molar-refractivity contribution in [3.63, 3.8) is 0 Å². The molecule has 0 unspecified atom stereocenters. The Bertz CT molecular complexity index is 798. The fourth-order valence-electron chi connectivity index (χ4n) is 2.77. The summed E-state index contributed by atoms with van der Waals surface area (Å²) in [5, 5.41) is 24.1. The zero-order chi connectivity index (χ0) is 20.5. The van der Waals surface area contributed by atoms with E-state index in [-0.39, 0.29) is 18.8 Å². The van der Waals surface area contributed by atoms with E-state index in [1.54, 1.807) is 6.07 Å². The molecule has 152 valence electrons. The van der Waals surface area contributed by atoms with Crippen molar-refractivity contribution >= 4 is 39.9 Å². The first-order valence-electron chi connectivity index (χ1n) is 8.99. The summed E-state index contributed by atoms with van der Waals surface area (Å²) in [6, 6.07) is 9.96. The number of anilines is 2. The number of benzene rings is 2. The second-order valence-electron chi connectivity index (χ2n) is 6.32. The molecule has 0 bridgehead atoms. The molecule has 1 amide bonds. The van der Waals surface area contributed by atoms with Crippen LogP contribution in [0.25, 0.3) is 0 Å². The van der Waals surface area contributed by atoms with E-state index in [1.165, 1.54) is 12.1 Å². The van der Waals surface area contributed by atoms with E-state index in [0.29, 0.717) is 31.9 Å². The molecular weight excluding hydrogens is 476 g/mol. The predicted octanol–water partition coefficient (Wildman–Crippen LogP) is 2.50. The Morgan fingerprint density at radius 1 is 1.07 bits per heavy atom. The maximum atomic E-state index is 13.8. The van der Waals surface area contributed by atoms with Crippen LogP contribution in [0.3, 0.4) is 0 Å². The highest BCUT2D eigenvalue weighted by Gasteiger charge is 2.14. The third-order valence-corrected chi connectivity index (χ3v) is 4.90. The zero-order valence-corrected chi connectivity index (χ0v) is 17.9. The number of amides is 1. The van der Waals surface area contributed by atoms with E-state index in [4.69, 9.17) is 10.2 Å². The molecule has 0 atom stereocenters. The van der Waals surface area contributed by atoms with Gasteiger partial charge in [-0.2, -0.15) is 0 Å². The third-order valence-electron chi connectivity index (χ3n) is 4.23. The molecule has 0 heterocycles. The molecule has 4 N–H and O–H groups in total. The van der Waals surface area contributed by atoms with Crippen molar-refractivity contribution in [1.82, 2.24) is 10.2 Å². The summed E-state index contributed by atoms with van der Waals surface area (Å²) < 4.78 is 14.9. The predicted molar refractivity (Wildman–Crippen MR) is 117 cm³/mol. The Hall–Kier alpha value is -1.75.